The molecule has 0 bridgehead atoms. The number of carbonyl (C=O) groups excluding carboxylic acids is 1. The van der Waals surface area contributed by atoms with Gasteiger partial charge in [-0.3, -0.25) is 4.79 Å². The Morgan fingerprint density at radius 2 is 1.50 bits per heavy atom. The zero-order chi connectivity index (χ0) is 27.2. The first-order valence-corrected chi connectivity index (χ1v) is 16.6. The highest BCUT2D eigenvalue weighted by Gasteiger charge is 2.57. The topological polar surface area (TPSA) is 35.5 Å². The fourth-order valence-corrected chi connectivity index (χ4v) is 12.7. The number of allylic oxidation sites excluding steroid dienone is 2. The molecule has 2 aliphatic carbocycles. The fourth-order valence-electron chi connectivity index (χ4n) is 7.88. The third-order valence-corrected chi connectivity index (χ3v) is 14.8. The van der Waals surface area contributed by atoms with E-state index in [0.717, 1.165) is 32.1 Å². The molecule has 1 heterocycles. The van der Waals surface area contributed by atoms with Crippen molar-refractivity contribution in [1.82, 2.24) is 0 Å². The summed E-state index contributed by atoms with van der Waals surface area (Å²) in [5.41, 5.74) is -0.713. The third-order valence-electron chi connectivity index (χ3n) is 9.74. The molecule has 0 radical (unpaired) electrons. The maximum atomic E-state index is 12.8. The predicted octanol–water partition coefficient (Wildman–Crippen LogP) is 6.84. The van der Waals surface area contributed by atoms with Gasteiger partial charge in [0.2, 0.25) is 0 Å². The Hall–Kier alpha value is -2.01. The molecule has 0 N–H and O–H groups in total. The molecule has 5 rings (SSSR count). The van der Waals surface area contributed by atoms with Crippen LogP contribution in [0.5, 0.6) is 0 Å². The standard InChI is InChI=1S/C34H46O3Si/c1-32(2,3)38(25-15-9-7-10-16-25,26-17-11-8-12-18-26)36-31-23-24-34(6,37-33(31,4)5)29-21-22-30(35)28-20-14-13-19-27(28)29/h7-13,15-19,27-29,31H,14,20-24H2,1-6H3/t27-,28-,29-,31+,34+/m1/s1. The van der Waals surface area contributed by atoms with Crippen molar-refractivity contribution in [2.75, 3.05) is 0 Å². The van der Waals surface area contributed by atoms with Crippen LogP contribution in [-0.4, -0.2) is 31.4 Å². The lowest BCUT2D eigenvalue weighted by atomic mass is 9.61. The van der Waals surface area contributed by atoms with Crippen molar-refractivity contribution in [3.63, 3.8) is 0 Å². The van der Waals surface area contributed by atoms with E-state index >= 15 is 0 Å². The van der Waals surface area contributed by atoms with E-state index in [1.54, 1.807) is 0 Å². The summed E-state index contributed by atoms with van der Waals surface area (Å²) < 4.78 is 14.8. The summed E-state index contributed by atoms with van der Waals surface area (Å²) in [6.07, 6.45) is 10.2. The van der Waals surface area contributed by atoms with Crippen LogP contribution in [0.3, 0.4) is 0 Å². The maximum absolute atomic E-state index is 12.8. The largest absolute Gasteiger partial charge is 0.402 e. The Balaban J connectivity index is 1.49. The smallest absolute Gasteiger partial charge is 0.261 e. The van der Waals surface area contributed by atoms with Crippen molar-refractivity contribution >= 4 is 24.5 Å². The summed E-state index contributed by atoms with van der Waals surface area (Å²) in [6.45, 7) is 13.8. The third kappa shape index (κ3) is 4.78. The molecule has 1 saturated carbocycles. The zero-order valence-corrected chi connectivity index (χ0v) is 25.2. The first-order valence-electron chi connectivity index (χ1n) is 14.7. The summed E-state index contributed by atoms with van der Waals surface area (Å²) in [5.74, 6) is 1.31. The molecule has 204 valence electrons. The summed E-state index contributed by atoms with van der Waals surface area (Å²) >= 11 is 0. The Bertz CT molecular complexity index is 1110. The van der Waals surface area contributed by atoms with Gasteiger partial charge in [-0.25, -0.2) is 0 Å². The number of hydrogen-bond acceptors (Lipinski definition) is 3. The van der Waals surface area contributed by atoms with Crippen molar-refractivity contribution in [3.8, 4) is 0 Å². The lowest BCUT2D eigenvalue weighted by Crippen LogP contribution is -2.70. The van der Waals surface area contributed by atoms with Crippen molar-refractivity contribution in [3.05, 3.63) is 72.8 Å². The van der Waals surface area contributed by atoms with Crippen molar-refractivity contribution in [1.29, 1.82) is 0 Å². The molecular formula is C34H46O3Si. The van der Waals surface area contributed by atoms with E-state index in [2.05, 4.69) is 114 Å². The van der Waals surface area contributed by atoms with E-state index in [1.807, 2.05) is 0 Å². The number of Topliss-reactive ketones (excluding diaryl/α,β-unsaturated/α-hetero) is 1. The average molecular weight is 531 g/mol. The summed E-state index contributed by atoms with van der Waals surface area (Å²) in [7, 11) is -2.68. The van der Waals surface area contributed by atoms with Crippen LogP contribution in [0.4, 0.5) is 0 Å². The molecule has 3 aliphatic rings. The van der Waals surface area contributed by atoms with Gasteiger partial charge in [0, 0.05) is 12.3 Å². The Morgan fingerprint density at radius 1 is 0.895 bits per heavy atom. The number of ether oxygens (including phenoxy) is 1. The van der Waals surface area contributed by atoms with Crippen LogP contribution >= 0.6 is 0 Å². The molecule has 2 fully saturated rings. The quantitative estimate of drug-likeness (QED) is 0.314. The number of hydrogen-bond donors (Lipinski definition) is 0. The summed E-state index contributed by atoms with van der Waals surface area (Å²) in [5, 5.41) is 2.55. The van der Waals surface area contributed by atoms with Crippen LogP contribution in [0.2, 0.25) is 5.04 Å². The molecule has 4 heteroatoms. The highest BCUT2D eigenvalue weighted by molar-refractivity contribution is 6.99. The molecule has 0 unspecified atom stereocenters. The first kappa shape index (κ1) is 27.5. The van der Waals surface area contributed by atoms with Crippen LogP contribution < -0.4 is 10.4 Å². The lowest BCUT2D eigenvalue weighted by Gasteiger charge is -2.56. The van der Waals surface area contributed by atoms with Crippen molar-refractivity contribution in [2.24, 2.45) is 17.8 Å². The minimum absolute atomic E-state index is 0.0233. The second-order valence-electron chi connectivity index (χ2n) is 13.6. The Labute approximate surface area is 231 Å². The second-order valence-corrected chi connectivity index (χ2v) is 17.9. The highest BCUT2D eigenvalue weighted by atomic mass is 28.4. The van der Waals surface area contributed by atoms with Crippen LogP contribution in [0.1, 0.15) is 80.1 Å². The van der Waals surface area contributed by atoms with Crippen LogP contribution in [-0.2, 0) is 14.0 Å². The molecule has 38 heavy (non-hydrogen) atoms. The van der Waals surface area contributed by atoms with Gasteiger partial charge in [0.05, 0.1) is 17.3 Å². The van der Waals surface area contributed by atoms with Gasteiger partial charge >= 0.3 is 0 Å². The van der Waals surface area contributed by atoms with E-state index in [-0.39, 0.29) is 22.7 Å². The minimum atomic E-state index is -2.68. The van der Waals surface area contributed by atoms with Crippen molar-refractivity contribution in [2.45, 2.75) is 102 Å². The summed E-state index contributed by atoms with van der Waals surface area (Å²) in [6, 6.07) is 21.8. The van der Waals surface area contributed by atoms with Gasteiger partial charge in [0.25, 0.3) is 8.32 Å². The number of benzene rings is 2. The normalized spacial score (nSPS) is 31.6. The van der Waals surface area contributed by atoms with Gasteiger partial charge in [0.1, 0.15) is 5.78 Å². The van der Waals surface area contributed by atoms with E-state index < -0.39 is 13.9 Å². The van der Waals surface area contributed by atoms with Gasteiger partial charge < -0.3 is 9.16 Å². The first-order chi connectivity index (χ1) is 18.0. The number of fused-ring (bicyclic) bond motifs is 1. The van der Waals surface area contributed by atoms with Crippen molar-refractivity contribution < 1.29 is 14.0 Å². The SMILES string of the molecule is CC1(C)O[C@](C)([C@@H]2CCC(=O)[C@@H]3CCC=C[C@@H]23)CC[C@@H]1O[Si](c1ccccc1)(c1ccccc1)C(C)(C)C. The zero-order valence-electron chi connectivity index (χ0n) is 24.2. The minimum Gasteiger partial charge on any atom is -0.402 e. The molecular weight excluding hydrogens is 484 g/mol. The highest BCUT2D eigenvalue weighted by Crippen LogP contribution is 2.51. The second kappa shape index (κ2) is 10.2. The molecule has 2 aromatic rings. The van der Waals surface area contributed by atoms with Gasteiger partial charge in [-0.15, -0.1) is 0 Å². The molecule has 1 aliphatic heterocycles. The number of rotatable bonds is 5. The Kier molecular flexibility index (Phi) is 7.39. The van der Waals surface area contributed by atoms with E-state index in [4.69, 9.17) is 9.16 Å². The van der Waals surface area contributed by atoms with Crippen LogP contribution in [0.25, 0.3) is 0 Å². The monoisotopic (exact) mass is 530 g/mol. The van der Waals surface area contributed by atoms with Crippen LogP contribution in [0, 0.1) is 17.8 Å². The van der Waals surface area contributed by atoms with Gasteiger partial charge in [-0.05, 0) is 80.1 Å². The van der Waals surface area contributed by atoms with Gasteiger partial charge in [-0.2, -0.15) is 0 Å². The molecule has 1 saturated heterocycles. The van der Waals surface area contributed by atoms with Crippen LogP contribution in [0.15, 0.2) is 72.8 Å². The molecule has 2 aromatic carbocycles. The molecule has 3 nitrogen and oxygen atoms in total. The average Bonchev–Trinajstić information content (AvgIpc) is 2.88. The maximum Gasteiger partial charge on any atom is 0.261 e. The van der Waals surface area contributed by atoms with Gasteiger partial charge in [0.15, 0.2) is 0 Å². The predicted molar refractivity (Wildman–Crippen MR) is 158 cm³/mol. The Morgan fingerprint density at radius 3 is 2.05 bits per heavy atom. The molecule has 0 aromatic heterocycles. The van der Waals surface area contributed by atoms with E-state index in [0.29, 0.717) is 24.0 Å². The van der Waals surface area contributed by atoms with Gasteiger partial charge in [-0.1, -0.05) is 93.6 Å². The van der Waals surface area contributed by atoms with E-state index in [9.17, 15) is 4.79 Å². The summed E-state index contributed by atoms with van der Waals surface area (Å²) in [4.78, 5) is 12.8. The number of ketones is 1. The fraction of sp³-hybridized carbons (Fsp3) is 0.559. The lowest BCUT2D eigenvalue weighted by molar-refractivity contribution is -0.237. The number of carbonyl (C=O) groups is 1. The molecule has 0 amide bonds. The molecule has 5 atom stereocenters. The molecule has 0 spiro atoms. The van der Waals surface area contributed by atoms with E-state index in [1.165, 1.54) is 10.4 Å².